The third kappa shape index (κ3) is 3.96. The van der Waals surface area contributed by atoms with E-state index in [1.807, 2.05) is 13.8 Å². The number of nitrogens with one attached hydrogen (secondary N) is 1. The molecule has 0 radical (unpaired) electrons. The minimum Gasteiger partial charge on any atom is -0.494 e. The van der Waals surface area contributed by atoms with Crippen molar-refractivity contribution in [2.24, 2.45) is 0 Å². The molecule has 19 heavy (non-hydrogen) atoms. The predicted octanol–water partition coefficient (Wildman–Crippen LogP) is 1.76. The van der Waals surface area contributed by atoms with Crippen LogP contribution in [0.1, 0.15) is 20.8 Å². The number of rotatable bonds is 5. The number of nitrogen functional groups attached to an aromatic ring is 1. The molecule has 0 heterocycles. The minimum atomic E-state index is -1.21. The molecule has 0 fully saturated rings. The highest BCUT2D eigenvalue weighted by Crippen LogP contribution is 2.26. The van der Waals surface area contributed by atoms with Gasteiger partial charge < -0.3 is 15.8 Å². The quantitative estimate of drug-likeness (QED) is 0.807. The maximum atomic E-state index is 12.0. The summed E-state index contributed by atoms with van der Waals surface area (Å²) in [5.74, 6) is 0.186. The van der Waals surface area contributed by atoms with Crippen molar-refractivity contribution in [2.75, 3.05) is 18.2 Å². The molecule has 2 unspecified atom stereocenters. The molecule has 0 aliphatic carbocycles. The van der Waals surface area contributed by atoms with Crippen LogP contribution < -0.4 is 15.8 Å². The fraction of sp³-hybridized carbons (Fsp3) is 0.462. The van der Waals surface area contributed by atoms with Crippen molar-refractivity contribution in [1.82, 2.24) is 0 Å². The van der Waals surface area contributed by atoms with Gasteiger partial charge in [0.2, 0.25) is 5.91 Å². The molecule has 0 saturated carbocycles. The second kappa shape index (κ2) is 6.56. The van der Waals surface area contributed by atoms with Gasteiger partial charge in [0.1, 0.15) is 11.0 Å². The number of hydrogen-bond donors (Lipinski definition) is 2. The van der Waals surface area contributed by atoms with Crippen LogP contribution >= 0.6 is 0 Å². The Hall–Kier alpha value is -1.56. The highest BCUT2D eigenvalue weighted by Gasteiger charge is 2.23. The molecule has 0 bridgehead atoms. The number of carbonyl (C=O) groups is 1. The van der Waals surface area contributed by atoms with Gasteiger partial charge in [0.15, 0.2) is 0 Å². The van der Waals surface area contributed by atoms with Crippen molar-refractivity contribution in [3.63, 3.8) is 0 Å². The van der Waals surface area contributed by atoms with Crippen LogP contribution in [0.15, 0.2) is 18.2 Å². The molecule has 2 atom stereocenters. The Morgan fingerprint density at radius 3 is 2.53 bits per heavy atom. The van der Waals surface area contributed by atoms with E-state index >= 15 is 0 Å². The Morgan fingerprint density at radius 1 is 1.37 bits per heavy atom. The van der Waals surface area contributed by atoms with Crippen molar-refractivity contribution in [3.05, 3.63) is 18.2 Å². The summed E-state index contributed by atoms with van der Waals surface area (Å²) in [7, 11) is 0.289. The fourth-order valence-electron chi connectivity index (χ4n) is 1.56. The first-order valence-electron chi connectivity index (χ1n) is 6.00. The van der Waals surface area contributed by atoms with E-state index in [-0.39, 0.29) is 11.2 Å². The number of hydrogen-bond acceptors (Lipinski definition) is 4. The number of nitrogens with two attached hydrogens (primary N) is 1. The third-order valence-corrected chi connectivity index (χ3v) is 4.51. The van der Waals surface area contributed by atoms with Gasteiger partial charge in [-0.1, -0.05) is 13.8 Å². The van der Waals surface area contributed by atoms with Crippen LogP contribution in [0.4, 0.5) is 11.4 Å². The lowest BCUT2D eigenvalue weighted by Gasteiger charge is -2.16. The van der Waals surface area contributed by atoms with Crippen LogP contribution in [0.5, 0.6) is 5.75 Å². The van der Waals surface area contributed by atoms with E-state index in [2.05, 4.69) is 5.32 Å². The van der Waals surface area contributed by atoms with Crippen molar-refractivity contribution in [3.8, 4) is 5.75 Å². The first kappa shape index (κ1) is 15.5. The van der Waals surface area contributed by atoms with E-state index in [0.717, 1.165) is 0 Å². The highest BCUT2D eigenvalue weighted by molar-refractivity contribution is 7.87. The molecule has 5 nitrogen and oxygen atoms in total. The number of benzene rings is 1. The Morgan fingerprint density at radius 2 is 2.00 bits per heavy atom. The Balaban J connectivity index is 2.85. The first-order valence-corrected chi connectivity index (χ1v) is 7.28. The van der Waals surface area contributed by atoms with Crippen molar-refractivity contribution < 1.29 is 13.7 Å². The first-order chi connectivity index (χ1) is 8.86. The normalized spacial score (nSPS) is 13.9. The summed E-state index contributed by atoms with van der Waals surface area (Å²) in [4.78, 5) is 12.0. The largest absolute Gasteiger partial charge is 0.494 e. The van der Waals surface area contributed by atoms with Gasteiger partial charge in [0, 0.05) is 27.8 Å². The maximum Gasteiger partial charge on any atom is 0.239 e. The minimum absolute atomic E-state index is 0.0611. The lowest BCUT2D eigenvalue weighted by molar-refractivity contribution is -0.115. The van der Waals surface area contributed by atoms with E-state index in [0.29, 0.717) is 17.1 Å². The number of methoxy groups -OCH3 is 1. The molecule has 0 saturated heterocycles. The summed E-state index contributed by atoms with van der Waals surface area (Å²) in [5.41, 5.74) is 6.71. The molecule has 1 amide bonds. The van der Waals surface area contributed by atoms with Crippen LogP contribution in [0, 0.1) is 0 Å². The summed E-state index contributed by atoms with van der Waals surface area (Å²) in [6.45, 7) is 5.29. The summed E-state index contributed by atoms with van der Waals surface area (Å²) in [6.07, 6.45) is 0. The summed E-state index contributed by atoms with van der Waals surface area (Å²) >= 11 is 0. The fourth-order valence-corrected chi connectivity index (χ4v) is 2.65. The van der Waals surface area contributed by atoms with Gasteiger partial charge in [0.25, 0.3) is 0 Å². The number of anilines is 2. The van der Waals surface area contributed by atoms with E-state index in [4.69, 9.17) is 10.5 Å². The van der Waals surface area contributed by atoms with Crippen LogP contribution in [0.3, 0.4) is 0 Å². The van der Waals surface area contributed by atoms with Gasteiger partial charge >= 0.3 is 0 Å². The van der Waals surface area contributed by atoms with E-state index in [9.17, 15) is 9.00 Å². The molecular formula is C13H20N2O3S. The van der Waals surface area contributed by atoms with Crippen molar-refractivity contribution >= 4 is 28.1 Å². The molecule has 0 aliphatic rings. The van der Waals surface area contributed by atoms with Gasteiger partial charge in [-0.05, 0) is 19.1 Å². The standard InChI is InChI=1S/C13H20N2O3S/c1-8(2)19(17)9(3)13(16)15-11-6-5-10(14)7-12(11)18-4/h5-9H,14H2,1-4H3,(H,15,16). The SMILES string of the molecule is COc1cc(N)ccc1NC(=O)C(C)S(=O)C(C)C. The van der Waals surface area contributed by atoms with Gasteiger partial charge in [-0.3, -0.25) is 9.00 Å². The molecule has 0 aromatic heterocycles. The molecule has 0 spiro atoms. The smallest absolute Gasteiger partial charge is 0.239 e. The van der Waals surface area contributed by atoms with Crippen LogP contribution in [-0.2, 0) is 15.6 Å². The monoisotopic (exact) mass is 284 g/mol. The molecule has 1 aromatic carbocycles. The molecular weight excluding hydrogens is 264 g/mol. The Labute approximate surface area is 116 Å². The summed E-state index contributed by atoms with van der Waals surface area (Å²) in [6, 6.07) is 4.96. The van der Waals surface area contributed by atoms with Crippen molar-refractivity contribution in [1.29, 1.82) is 0 Å². The van der Waals surface area contributed by atoms with Crippen LogP contribution in [-0.4, -0.2) is 27.7 Å². The molecule has 1 aromatic rings. The Bertz CT molecular complexity index is 489. The summed E-state index contributed by atoms with van der Waals surface area (Å²) in [5, 5.41) is 2.07. The predicted molar refractivity (Wildman–Crippen MR) is 78.8 cm³/mol. The number of amides is 1. The molecule has 0 aliphatic heterocycles. The van der Waals surface area contributed by atoms with E-state index < -0.39 is 16.0 Å². The summed E-state index contributed by atoms with van der Waals surface area (Å²) < 4.78 is 17.0. The zero-order valence-corrected chi connectivity index (χ0v) is 12.4. The van der Waals surface area contributed by atoms with Crippen LogP contribution in [0.2, 0.25) is 0 Å². The van der Waals surface area contributed by atoms with Gasteiger partial charge in [-0.15, -0.1) is 0 Å². The molecule has 1 rings (SSSR count). The average Bonchev–Trinajstić information content (AvgIpc) is 2.38. The number of ether oxygens (including phenoxy) is 1. The van der Waals surface area contributed by atoms with Crippen molar-refractivity contribution in [2.45, 2.75) is 31.3 Å². The highest BCUT2D eigenvalue weighted by atomic mass is 32.2. The average molecular weight is 284 g/mol. The zero-order chi connectivity index (χ0) is 14.6. The van der Waals surface area contributed by atoms with Gasteiger partial charge in [0.05, 0.1) is 12.8 Å². The molecule has 6 heteroatoms. The molecule has 106 valence electrons. The topological polar surface area (TPSA) is 81.4 Å². The Kier molecular flexibility index (Phi) is 5.35. The third-order valence-electron chi connectivity index (χ3n) is 2.67. The van der Waals surface area contributed by atoms with E-state index in [1.54, 1.807) is 25.1 Å². The zero-order valence-electron chi connectivity index (χ0n) is 11.6. The lowest BCUT2D eigenvalue weighted by atomic mass is 10.2. The second-order valence-corrected chi connectivity index (χ2v) is 6.78. The lowest BCUT2D eigenvalue weighted by Crippen LogP contribution is -2.32. The van der Waals surface area contributed by atoms with Gasteiger partial charge in [-0.25, -0.2) is 0 Å². The molecule has 3 N–H and O–H groups in total. The number of carbonyl (C=O) groups excluding carboxylic acids is 1. The maximum absolute atomic E-state index is 12.0. The van der Waals surface area contributed by atoms with Crippen LogP contribution in [0.25, 0.3) is 0 Å². The second-order valence-electron chi connectivity index (χ2n) is 4.47. The van der Waals surface area contributed by atoms with E-state index in [1.165, 1.54) is 7.11 Å². The van der Waals surface area contributed by atoms with Gasteiger partial charge in [-0.2, -0.15) is 0 Å².